The number of rotatable bonds is 26. The van der Waals surface area contributed by atoms with Gasteiger partial charge in [-0.2, -0.15) is 0 Å². The third-order valence-corrected chi connectivity index (χ3v) is 10.2. The summed E-state index contributed by atoms with van der Waals surface area (Å²) in [6.45, 7) is 10.2. The Morgan fingerprint density at radius 1 is 0.492 bits per heavy atom. The molecule has 0 saturated heterocycles. The summed E-state index contributed by atoms with van der Waals surface area (Å²) in [5.74, 6) is -6.34. The van der Waals surface area contributed by atoms with Crippen LogP contribution in [0.4, 0.5) is 0 Å². The molecular weight excluding hydrogens is 809 g/mol. The molecule has 0 aliphatic carbocycles. The zero-order valence-corrected chi connectivity index (χ0v) is 37.4. The second kappa shape index (κ2) is 27.0. The van der Waals surface area contributed by atoms with E-state index in [2.05, 4.69) is 78.1 Å². The first kappa shape index (κ1) is 51.1. The molecule has 0 atom stereocenters. The van der Waals surface area contributed by atoms with Crippen molar-refractivity contribution in [1.29, 1.82) is 0 Å². The van der Waals surface area contributed by atoms with Crippen LogP contribution in [0.2, 0.25) is 0 Å². The summed E-state index contributed by atoms with van der Waals surface area (Å²) < 4.78 is 36.4. The number of hydrogen-bond acceptors (Lipinski definition) is 13. The van der Waals surface area contributed by atoms with Crippen LogP contribution in [0.25, 0.3) is 11.1 Å². The van der Waals surface area contributed by atoms with Gasteiger partial charge in [0.15, 0.2) is 0 Å². The van der Waals surface area contributed by atoms with Gasteiger partial charge < -0.3 is 33.2 Å². The van der Waals surface area contributed by atoms with E-state index in [0.29, 0.717) is 24.2 Å². The van der Waals surface area contributed by atoms with E-state index in [1.54, 1.807) is 13.0 Å². The van der Waals surface area contributed by atoms with E-state index in [-0.39, 0.29) is 17.8 Å². The highest BCUT2D eigenvalue weighted by molar-refractivity contribution is 6.30. The van der Waals surface area contributed by atoms with Crippen molar-refractivity contribution in [2.24, 2.45) is 5.41 Å². The maximum atomic E-state index is 12.5. The van der Waals surface area contributed by atoms with Crippen LogP contribution in [0.15, 0.2) is 91.0 Å². The van der Waals surface area contributed by atoms with E-state index in [9.17, 15) is 28.8 Å². The molecule has 0 bridgehead atoms. The predicted octanol–water partition coefficient (Wildman–Crippen LogP) is 8.01. The molecule has 63 heavy (non-hydrogen) atoms. The van der Waals surface area contributed by atoms with Crippen LogP contribution < -0.4 is 4.74 Å². The molecule has 13 nitrogen and oxygen atoms in total. The first-order chi connectivity index (χ1) is 30.2. The lowest BCUT2D eigenvalue weighted by Crippen LogP contribution is -2.45. The van der Waals surface area contributed by atoms with Gasteiger partial charge in [-0.3, -0.25) is 0 Å². The van der Waals surface area contributed by atoms with Gasteiger partial charge >= 0.3 is 35.8 Å². The predicted molar refractivity (Wildman–Crippen MR) is 237 cm³/mol. The number of esters is 6. The minimum atomic E-state index is -1.67. The normalized spacial score (nSPS) is 10.9. The van der Waals surface area contributed by atoms with Gasteiger partial charge in [0, 0.05) is 11.1 Å². The van der Waals surface area contributed by atoms with Crippen LogP contribution in [-0.2, 0) is 82.9 Å². The minimum absolute atomic E-state index is 0.0461. The molecule has 0 N–H and O–H groups in total. The van der Waals surface area contributed by atoms with E-state index in [1.807, 2.05) is 12.1 Å². The Morgan fingerprint density at radius 2 is 0.952 bits per heavy atom. The highest BCUT2D eigenvalue weighted by Crippen LogP contribution is 2.31. The Labute approximate surface area is 371 Å². The van der Waals surface area contributed by atoms with E-state index < -0.39 is 67.7 Å². The Morgan fingerprint density at radius 3 is 1.48 bits per heavy atom. The van der Waals surface area contributed by atoms with Crippen molar-refractivity contribution in [2.45, 2.75) is 91.4 Å². The molecule has 0 saturated carbocycles. The Hall–Kier alpha value is -6.24. The van der Waals surface area contributed by atoms with Crippen molar-refractivity contribution in [3.63, 3.8) is 0 Å². The second-order valence-electron chi connectivity index (χ2n) is 15.7. The number of ether oxygens (including phenoxy) is 7. The second-order valence-corrected chi connectivity index (χ2v) is 15.7. The third kappa shape index (κ3) is 17.9. The van der Waals surface area contributed by atoms with Crippen LogP contribution in [0.1, 0.15) is 88.0 Å². The quantitative estimate of drug-likeness (QED) is 0.0251. The molecule has 0 unspecified atom stereocenters. The van der Waals surface area contributed by atoms with E-state index in [4.69, 9.17) is 23.7 Å². The number of methoxy groups -OCH3 is 2. The zero-order valence-electron chi connectivity index (χ0n) is 37.4. The van der Waals surface area contributed by atoms with Crippen molar-refractivity contribution >= 4 is 35.8 Å². The van der Waals surface area contributed by atoms with Gasteiger partial charge in [-0.1, -0.05) is 107 Å². The van der Waals surface area contributed by atoms with Crippen LogP contribution >= 0.6 is 0 Å². The first-order valence-corrected chi connectivity index (χ1v) is 21.3. The lowest BCUT2D eigenvalue weighted by atomic mass is 9.91. The van der Waals surface area contributed by atoms with Crippen molar-refractivity contribution in [2.75, 3.05) is 47.3 Å². The Balaban J connectivity index is 1.85. The Bertz CT molecular complexity index is 1980. The van der Waals surface area contributed by atoms with Gasteiger partial charge in [0.05, 0.1) is 20.8 Å². The number of hydrogen-bond donors (Lipinski definition) is 0. The molecule has 13 heteroatoms. The van der Waals surface area contributed by atoms with Crippen molar-refractivity contribution in [1.82, 2.24) is 0 Å². The molecule has 0 heterocycles. The molecule has 3 aromatic carbocycles. The Kier molecular flexibility index (Phi) is 21.9. The van der Waals surface area contributed by atoms with Gasteiger partial charge in [-0.15, -0.1) is 0 Å². The molecule has 0 amide bonds. The van der Waals surface area contributed by atoms with E-state index >= 15 is 0 Å². The zero-order chi connectivity index (χ0) is 46.2. The molecule has 0 aliphatic rings. The first-order valence-electron chi connectivity index (χ1n) is 21.3. The van der Waals surface area contributed by atoms with Gasteiger partial charge in [-0.25, -0.2) is 28.8 Å². The molecule has 0 aliphatic heterocycles. The monoisotopic (exact) mass is 870 g/mol. The van der Waals surface area contributed by atoms with Crippen molar-refractivity contribution in [3.8, 4) is 16.9 Å². The van der Waals surface area contributed by atoms with E-state index in [1.165, 1.54) is 62.1 Å². The summed E-state index contributed by atoms with van der Waals surface area (Å²) in [7, 11) is 1.98. The summed E-state index contributed by atoms with van der Waals surface area (Å²) in [6.07, 6.45) is 11.4. The lowest BCUT2D eigenvalue weighted by Gasteiger charge is -2.32. The fourth-order valence-corrected chi connectivity index (χ4v) is 6.32. The summed E-state index contributed by atoms with van der Waals surface area (Å²) in [5, 5.41) is 0. The summed E-state index contributed by atoms with van der Waals surface area (Å²) in [6, 6.07) is 22.8. The molecule has 0 fully saturated rings. The number of carbonyl (C=O) groups is 6. The summed E-state index contributed by atoms with van der Waals surface area (Å²) in [4.78, 5) is 73.3. The average Bonchev–Trinajstić information content (AvgIpc) is 3.29. The number of aryl methyl sites for hydroxylation is 4. The van der Waals surface area contributed by atoms with Gasteiger partial charge in [0.1, 0.15) is 37.6 Å². The average molecular weight is 871 g/mol. The topological polar surface area (TPSA) is 167 Å². The van der Waals surface area contributed by atoms with Gasteiger partial charge in [0.25, 0.3) is 0 Å². The minimum Gasteiger partial charge on any atom is -0.492 e. The van der Waals surface area contributed by atoms with Crippen LogP contribution in [0.5, 0.6) is 5.75 Å². The molecular formula is C50H62O13. The molecule has 0 radical (unpaired) electrons. The molecule has 0 spiro atoms. The molecule has 3 rings (SSSR count). The van der Waals surface area contributed by atoms with Gasteiger partial charge in [-0.05, 0) is 97.9 Å². The fraction of sp³-hybridized carbons (Fsp3) is 0.440. The smallest absolute Gasteiger partial charge is 0.417 e. The SMILES string of the molecule is C=C(C)C(=O)OCCCc1cc(-c2ccc(CCc3ccc(CCCCCCCC)cc3)cc2)ccc1OCC(COC(=O)C(=C)C)(COC(=O)C(=O)OC)COC(=O)C(=O)OC. The maximum Gasteiger partial charge on any atom is 0.417 e. The largest absolute Gasteiger partial charge is 0.492 e. The van der Waals surface area contributed by atoms with Crippen LogP contribution in [0, 0.1) is 5.41 Å². The number of carbonyl (C=O) groups excluding carboxylic acids is 6. The summed E-state index contributed by atoms with van der Waals surface area (Å²) in [5.41, 5.74) is 5.04. The molecule has 340 valence electrons. The number of unbranched alkanes of at least 4 members (excludes halogenated alkanes) is 5. The lowest BCUT2D eigenvalue weighted by molar-refractivity contribution is -0.177. The van der Waals surface area contributed by atoms with E-state index in [0.717, 1.165) is 44.6 Å². The van der Waals surface area contributed by atoms with Gasteiger partial charge in [0.2, 0.25) is 0 Å². The highest BCUT2D eigenvalue weighted by Gasteiger charge is 2.39. The standard InChI is InChI=1S/C50H62O13/c1-8-9-10-11-12-13-15-37-17-19-38(20-18-37)21-22-39-23-25-40(26-24-39)41-27-28-43(42(30-41)16-14-29-59-44(51)35(2)3)60-31-50(32-61-45(52)36(4)5,33-62-48(55)46(53)57-6)34-63-49(56)47(54)58-7/h17-20,23-28,30H,2,4,8-16,21-22,29,31-34H2,1,3,5-7H3. The highest BCUT2D eigenvalue weighted by atomic mass is 16.6. The molecule has 3 aromatic rings. The van der Waals surface area contributed by atoms with Crippen LogP contribution in [0.3, 0.4) is 0 Å². The van der Waals surface area contributed by atoms with Crippen molar-refractivity contribution in [3.05, 3.63) is 113 Å². The van der Waals surface area contributed by atoms with Crippen LogP contribution in [-0.4, -0.2) is 83.1 Å². The molecule has 0 aromatic heterocycles. The van der Waals surface area contributed by atoms with Crippen molar-refractivity contribution < 1.29 is 61.9 Å². The fourth-order valence-electron chi connectivity index (χ4n) is 6.32. The maximum absolute atomic E-state index is 12.5. The summed E-state index contributed by atoms with van der Waals surface area (Å²) >= 11 is 0. The third-order valence-electron chi connectivity index (χ3n) is 10.2. The number of benzene rings is 3.